The fourth-order valence-corrected chi connectivity index (χ4v) is 2.63. The molecule has 0 aromatic heterocycles. The summed E-state index contributed by atoms with van der Waals surface area (Å²) in [5, 5.41) is 5.68. The number of amides is 2. The molecular weight excluding hydrogens is 356 g/mol. The van der Waals surface area contributed by atoms with E-state index in [-0.39, 0.29) is 30.0 Å². The molecular formula is C19H27ClN2O4. The lowest BCUT2D eigenvalue weighted by Crippen LogP contribution is -2.46. The summed E-state index contributed by atoms with van der Waals surface area (Å²) in [6.07, 6.45) is 1.80. The van der Waals surface area contributed by atoms with Crippen LogP contribution in [-0.2, 0) is 14.3 Å². The molecule has 6 nitrogen and oxygen atoms in total. The molecule has 2 amide bonds. The van der Waals surface area contributed by atoms with Gasteiger partial charge in [0.05, 0.1) is 10.6 Å². The number of hydrogen-bond acceptors (Lipinski definition) is 4. The van der Waals surface area contributed by atoms with Crippen LogP contribution in [0.4, 0.5) is 0 Å². The Morgan fingerprint density at radius 2 is 1.77 bits per heavy atom. The van der Waals surface area contributed by atoms with Crippen molar-refractivity contribution in [3.8, 4) is 0 Å². The van der Waals surface area contributed by atoms with Crippen molar-refractivity contribution in [1.82, 2.24) is 10.6 Å². The summed E-state index contributed by atoms with van der Waals surface area (Å²) in [5.41, 5.74) is 0.277. The summed E-state index contributed by atoms with van der Waals surface area (Å²) in [6.45, 7) is 7.10. The van der Waals surface area contributed by atoms with Crippen molar-refractivity contribution in [3.63, 3.8) is 0 Å². The van der Waals surface area contributed by atoms with E-state index in [0.717, 1.165) is 12.8 Å². The molecule has 144 valence electrons. The van der Waals surface area contributed by atoms with Crippen LogP contribution in [0.15, 0.2) is 24.3 Å². The van der Waals surface area contributed by atoms with Gasteiger partial charge in [-0.2, -0.15) is 0 Å². The summed E-state index contributed by atoms with van der Waals surface area (Å²) >= 11 is 6.01. The average molecular weight is 383 g/mol. The molecule has 2 atom stereocenters. The van der Waals surface area contributed by atoms with Gasteiger partial charge in [0.25, 0.3) is 11.8 Å². The van der Waals surface area contributed by atoms with Gasteiger partial charge in [0.15, 0.2) is 6.61 Å². The number of carbonyl (C=O) groups is 3. The standard InChI is InChI=1S/C19H27ClN2O4/c1-5-8-13(4)21-16(23)11-26-19(25)17(12(2)3)22-18(24)14-9-6-7-10-15(14)20/h6-7,9-10,12-13,17H,5,8,11H2,1-4H3,(H,21,23)(H,22,24)/t13?,17-/m0/s1. The smallest absolute Gasteiger partial charge is 0.329 e. The average Bonchev–Trinajstić information content (AvgIpc) is 2.57. The molecule has 7 heteroatoms. The van der Waals surface area contributed by atoms with Gasteiger partial charge < -0.3 is 15.4 Å². The summed E-state index contributed by atoms with van der Waals surface area (Å²) in [7, 11) is 0. The molecule has 0 aliphatic rings. The van der Waals surface area contributed by atoms with Crippen LogP contribution in [0.1, 0.15) is 50.9 Å². The van der Waals surface area contributed by atoms with E-state index in [1.54, 1.807) is 38.1 Å². The summed E-state index contributed by atoms with van der Waals surface area (Å²) < 4.78 is 5.07. The molecule has 1 rings (SSSR count). The minimum absolute atomic E-state index is 0.0204. The Morgan fingerprint density at radius 1 is 1.12 bits per heavy atom. The van der Waals surface area contributed by atoms with E-state index in [1.807, 2.05) is 13.8 Å². The molecule has 0 aliphatic heterocycles. The lowest BCUT2D eigenvalue weighted by Gasteiger charge is -2.21. The fourth-order valence-electron chi connectivity index (χ4n) is 2.41. The molecule has 0 saturated heterocycles. The van der Waals surface area contributed by atoms with Gasteiger partial charge in [-0.15, -0.1) is 0 Å². The highest BCUT2D eigenvalue weighted by Crippen LogP contribution is 2.15. The number of hydrogen-bond donors (Lipinski definition) is 2. The van der Waals surface area contributed by atoms with Gasteiger partial charge in [0.2, 0.25) is 0 Å². The Kier molecular flexibility index (Phi) is 9.13. The van der Waals surface area contributed by atoms with Gasteiger partial charge in [0.1, 0.15) is 6.04 Å². The van der Waals surface area contributed by atoms with E-state index in [2.05, 4.69) is 10.6 Å². The van der Waals surface area contributed by atoms with E-state index in [4.69, 9.17) is 16.3 Å². The minimum Gasteiger partial charge on any atom is -0.454 e. The third kappa shape index (κ3) is 7.04. The number of carbonyl (C=O) groups excluding carboxylic acids is 3. The van der Waals surface area contributed by atoms with Crippen LogP contribution in [0, 0.1) is 5.92 Å². The lowest BCUT2D eigenvalue weighted by molar-refractivity contribution is -0.151. The van der Waals surface area contributed by atoms with Gasteiger partial charge in [-0.1, -0.05) is 50.9 Å². The van der Waals surface area contributed by atoms with Gasteiger partial charge in [-0.25, -0.2) is 4.79 Å². The highest BCUT2D eigenvalue weighted by Gasteiger charge is 2.27. The van der Waals surface area contributed by atoms with Crippen molar-refractivity contribution in [1.29, 1.82) is 0 Å². The van der Waals surface area contributed by atoms with Gasteiger partial charge in [-0.05, 0) is 31.4 Å². The number of ether oxygens (including phenoxy) is 1. The van der Waals surface area contributed by atoms with Crippen LogP contribution in [0.5, 0.6) is 0 Å². The van der Waals surface area contributed by atoms with Crippen molar-refractivity contribution in [2.45, 2.75) is 52.6 Å². The van der Waals surface area contributed by atoms with Crippen LogP contribution >= 0.6 is 11.6 Å². The maximum Gasteiger partial charge on any atom is 0.329 e. The SMILES string of the molecule is CCCC(C)NC(=O)COC(=O)[C@@H](NC(=O)c1ccccc1Cl)C(C)C. The third-order valence-corrected chi connectivity index (χ3v) is 4.13. The number of benzene rings is 1. The van der Waals surface area contributed by atoms with E-state index in [1.165, 1.54) is 0 Å². The predicted octanol–water partition coefficient (Wildman–Crippen LogP) is 2.94. The third-order valence-electron chi connectivity index (χ3n) is 3.80. The maximum absolute atomic E-state index is 12.4. The van der Waals surface area contributed by atoms with Crippen molar-refractivity contribution in [2.75, 3.05) is 6.61 Å². The molecule has 0 aliphatic carbocycles. The number of rotatable bonds is 9. The molecule has 0 spiro atoms. The van der Waals surface area contributed by atoms with Crippen LogP contribution in [0.3, 0.4) is 0 Å². The zero-order chi connectivity index (χ0) is 19.7. The highest BCUT2D eigenvalue weighted by atomic mass is 35.5. The van der Waals surface area contributed by atoms with Gasteiger partial charge in [-0.3, -0.25) is 9.59 Å². The normalized spacial score (nSPS) is 13.0. The summed E-state index contributed by atoms with van der Waals surface area (Å²) in [5.74, 6) is -1.69. The molecule has 0 fully saturated rings. The Bertz CT molecular complexity index is 634. The molecule has 0 saturated carbocycles. The van der Waals surface area contributed by atoms with Gasteiger partial charge in [0, 0.05) is 6.04 Å². The molecule has 1 aromatic carbocycles. The first-order valence-electron chi connectivity index (χ1n) is 8.77. The summed E-state index contributed by atoms with van der Waals surface area (Å²) in [6, 6.07) is 5.72. The Hall–Kier alpha value is -2.08. The van der Waals surface area contributed by atoms with Crippen LogP contribution in [0.25, 0.3) is 0 Å². The molecule has 0 bridgehead atoms. The zero-order valence-corrected chi connectivity index (χ0v) is 16.4. The van der Waals surface area contributed by atoms with Crippen LogP contribution < -0.4 is 10.6 Å². The Morgan fingerprint density at radius 3 is 2.35 bits per heavy atom. The van der Waals surface area contributed by atoms with Crippen molar-refractivity contribution < 1.29 is 19.1 Å². The van der Waals surface area contributed by atoms with E-state index >= 15 is 0 Å². The minimum atomic E-state index is -0.875. The molecule has 2 N–H and O–H groups in total. The van der Waals surface area contributed by atoms with Crippen molar-refractivity contribution >= 4 is 29.4 Å². The largest absolute Gasteiger partial charge is 0.454 e. The van der Waals surface area contributed by atoms with Crippen molar-refractivity contribution in [2.24, 2.45) is 5.92 Å². The van der Waals surface area contributed by atoms with E-state index < -0.39 is 17.9 Å². The quantitative estimate of drug-likeness (QED) is 0.643. The summed E-state index contributed by atoms with van der Waals surface area (Å²) in [4.78, 5) is 36.5. The first kappa shape index (κ1) is 22.0. The second-order valence-electron chi connectivity index (χ2n) is 6.54. The zero-order valence-electron chi connectivity index (χ0n) is 15.7. The maximum atomic E-state index is 12.4. The Labute approximate surface area is 159 Å². The number of esters is 1. The lowest BCUT2D eigenvalue weighted by atomic mass is 10.0. The predicted molar refractivity (Wildman–Crippen MR) is 101 cm³/mol. The molecule has 0 radical (unpaired) electrons. The highest BCUT2D eigenvalue weighted by molar-refractivity contribution is 6.33. The molecule has 0 heterocycles. The molecule has 1 aromatic rings. The molecule has 1 unspecified atom stereocenters. The Balaban J connectivity index is 2.63. The topological polar surface area (TPSA) is 84.5 Å². The number of nitrogens with one attached hydrogen (secondary N) is 2. The second-order valence-corrected chi connectivity index (χ2v) is 6.95. The van der Waals surface area contributed by atoms with Gasteiger partial charge >= 0.3 is 5.97 Å². The van der Waals surface area contributed by atoms with Crippen LogP contribution in [0.2, 0.25) is 5.02 Å². The first-order valence-corrected chi connectivity index (χ1v) is 9.15. The first-order chi connectivity index (χ1) is 12.3. The van der Waals surface area contributed by atoms with Crippen molar-refractivity contribution in [3.05, 3.63) is 34.9 Å². The number of halogens is 1. The monoisotopic (exact) mass is 382 g/mol. The fraction of sp³-hybridized carbons (Fsp3) is 0.526. The van der Waals surface area contributed by atoms with E-state index in [0.29, 0.717) is 5.02 Å². The van der Waals surface area contributed by atoms with Crippen LogP contribution in [-0.4, -0.2) is 36.5 Å². The second kappa shape index (κ2) is 10.8. The van der Waals surface area contributed by atoms with E-state index in [9.17, 15) is 14.4 Å². The molecule has 26 heavy (non-hydrogen) atoms.